The second-order valence-electron chi connectivity index (χ2n) is 8.94. The lowest BCUT2D eigenvalue weighted by molar-refractivity contribution is -0.127. The molecule has 0 aliphatic carbocycles. The third-order valence-corrected chi connectivity index (χ3v) is 7.28. The maximum absolute atomic E-state index is 13.1. The molecule has 0 bridgehead atoms. The molecule has 2 N–H and O–H groups in total. The van der Waals surface area contributed by atoms with Crippen LogP contribution in [0.2, 0.25) is 5.02 Å². The van der Waals surface area contributed by atoms with Gasteiger partial charge in [-0.3, -0.25) is 24.1 Å². The molecule has 1 aliphatic heterocycles. The number of aromatic nitrogens is 1. The van der Waals surface area contributed by atoms with Gasteiger partial charge in [0.05, 0.1) is 15.6 Å². The molecule has 196 valence electrons. The molecule has 0 spiro atoms. The summed E-state index contributed by atoms with van der Waals surface area (Å²) >= 11 is 6.85. The van der Waals surface area contributed by atoms with E-state index in [1.807, 2.05) is 55.5 Å². The van der Waals surface area contributed by atoms with E-state index in [1.54, 1.807) is 41.1 Å². The zero-order valence-corrected chi connectivity index (χ0v) is 22.4. The van der Waals surface area contributed by atoms with Crippen molar-refractivity contribution in [3.63, 3.8) is 0 Å². The summed E-state index contributed by atoms with van der Waals surface area (Å²) < 4.78 is 1.80. The van der Waals surface area contributed by atoms with Gasteiger partial charge in [0.2, 0.25) is 11.8 Å². The molecule has 4 aromatic rings. The molecule has 5 rings (SSSR count). The third-order valence-electron chi connectivity index (χ3n) is 6.05. The molecule has 1 aromatic heterocycles. The van der Waals surface area contributed by atoms with Crippen LogP contribution in [-0.4, -0.2) is 39.0 Å². The topological polar surface area (TPSA) is 101 Å². The van der Waals surface area contributed by atoms with Gasteiger partial charge in [-0.25, -0.2) is 0 Å². The van der Waals surface area contributed by atoms with Crippen LogP contribution >= 0.6 is 23.4 Å². The molecule has 1 fully saturated rings. The molecular weight excluding hydrogens is 536 g/mol. The van der Waals surface area contributed by atoms with Crippen molar-refractivity contribution in [2.45, 2.75) is 13.5 Å². The first-order chi connectivity index (χ1) is 18.8. The number of thioether (sulfide) groups is 1. The quantitative estimate of drug-likeness (QED) is 0.274. The Bertz CT molecular complexity index is 1660. The van der Waals surface area contributed by atoms with Crippen LogP contribution in [0.1, 0.15) is 11.1 Å². The highest BCUT2D eigenvalue weighted by Gasteiger charge is 2.36. The van der Waals surface area contributed by atoms with Crippen LogP contribution in [0, 0.1) is 6.92 Å². The van der Waals surface area contributed by atoms with Gasteiger partial charge in [0.25, 0.3) is 11.1 Å². The molecule has 1 saturated heterocycles. The zero-order valence-electron chi connectivity index (χ0n) is 20.8. The Kier molecular flexibility index (Phi) is 7.53. The van der Waals surface area contributed by atoms with Crippen LogP contribution in [0.15, 0.2) is 83.9 Å². The lowest BCUT2D eigenvalue weighted by Gasteiger charge is -2.13. The average molecular weight is 559 g/mol. The van der Waals surface area contributed by atoms with Crippen LogP contribution in [0.25, 0.3) is 17.0 Å². The number of imide groups is 1. The molecule has 1 aliphatic rings. The number of nitrogens with zero attached hydrogens (tertiary/aromatic N) is 2. The van der Waals surface area contributed by atoms with E-state index in [1.165, 1.54) is 0 Å². The minimum Gasteiger partial charge on any atom is -0.337 e. The number of halogens is 1. The smallest absolute Gasteiger partial charge is 0.294 e. The number of benzene rings is 3. The Morgan fingerprint density at radius 1 is 0.923 bits per heavy atom. The standard InChI is InChI=1S/C29H23ClN4O4S/c1-18-7-6-8-20(13-18)31-26(35)16-33-15-19(21-9-2-5-12-24(21)33)14-25-28(37)34(29(38)39-25)17-27(36)32-23-11-4-3-10-22(23)30/h2-15H,16-17H2,1H3,(H,31,35)(H,32,36)/b25-14+. The van der Waals surface area contributed by atoms with Gasteiger partial charge in [-0.2, -0.15) is 0 Å². The molecule has 2 heterocycles. The second kappa shape index (κ2) is 11.2. The normalized spacial score (nSPS) is 14.3. The van der Waals surface area contributed by atoms with Crippen LogP contribution in [0.4, 0.5) is 16.2 Å². The fourth-order valence-corrected chi connectivity index (χ4v) is 5.28. The average Bonchev–Trinajstić information content (AvgIpc) is 3.37. The summed E-state index contributed by atoms with van der Waals surface area (Å²) in [5, 5.41) is 6.16. The summed E-state index contributed by atoms with van der Waals surface area (Å²) in [6.45, 7) is 1.58. The van der Waals surface area contributed by atoms with Crippen LogP contribution < -0.4 is 10.6 Å². The van der Waals surface area contributed by atoms with Crippen molar-refractivity contribution < 1.29 is 19.2 Å². The number of carbonyl (C=O) groups is 4. The van der Waals surface area contributed by atoms with Crippen molar-refractivity contribution in [2.24, 2.45) is 0 Å². The Morgan fingerprint density at radius 3 is 2.46 bits per heavy atom. The molecule has 4 amide bonds. The summed E-state index contributed by atoms with van der Waals surface area (Å²) in [6, 6.07) is 21.8. The van der Waals surface area contributed by atoms with Crippen molar-refractivity contribution in [2.75, 3.05) is 17.2 Å². The molecule has 0 saturated carbocycles. The lowest BCUT2D eigenvalue weighted by Crippen LogP contribution is -2.36. The van der Waals surface area contributed by atoms with Gasteiger partial charge in [-0.05, 0) is 60.7 Å². The van der Waals surface area contributed by atoms with Crippen LogP contribution in [-0.2, 0) is 20.9 Å². The van der Waals surface area contributed by atoms with Gasteiger partial charge < -0.3 is 15.2 Å². The largest absolute Gasteiger partial charge is 0.337 e. The number of hydrogen-bond donors (Lipinski definition) is 2. The Morgan fingerprint density at radius 2 is 1.67 bits per heavy atom. The van der Waals surface area contributed by atoms with Crippen LogP contribution in [0.3, 0.4) is 0 Å². The summed E-state index contributed by atoms with van der Waals surface area (Å²) in [4.78, 5) is 52.1. The Hall–Kier alpha value is -4.34. The maximum Gasteiger partial charge on any atom is 0.294 e. The predicted octanol–water partition coefficient (Wildman–Crippen LogP) is 5.92. The first-order valence-electron chi connectivity index (χ1n) is 12.0. The third kappa shape index (κ3) is 5.89. The minimum atomic E-state index is -0.562. The minimum absolute atomic E-state index is 0.0615. The zero-order chi connectivity index (χ0) is 27.5. The van der Waals surface area contributed by atoms with Crippen molar-refractivity contribution >= 4 is 74.7 Å². The van der Waals surface area contributed by atoms with E-state index in [4.69, 9.17) is 11.6 Å². The second-order valence-corrected chi connectivity index (χ2v) is 10.3. The number of rotatable bonds is 7. The van der Waals surface area contributed by atoms with Crippen molar-refractivity contribution in [3.8, 4) is 0 Å². The highest BCUT2D eigenvalue weighted by molar-refractivity contribution is 8.18. The fraction of sp³-hybridized carbons (Fsp3) is 0.103. The van der Waals surface area contributed by atoms with Gasteiger partial charge in [0, 0.05) is 28.4 Å². The van der Waals surface area contributed by atoms with E-state index in [0.717, 1.165) is 33.1 Å². The predicted molar refractivity (Wildman–Crippen MR) is 155 cm³/mol. The van der Waals surface area contributed by atoms with Crippen LogP contribution in [0.5, 0.6) is 0 Å². The van der Waals surface area contributed by atoms with Crippen molar-refractivity contribution in [1.82, 2.24) is 9.47 Å². The van der Waals surface area contributed by atoms with E-state index < -0.39 is 23.6 Å². The van der Waals surface area contributed by atoms with Crippen molar-refractivity contribution in [1.29, 1.82) is 0 Å². The van der Waals surface area contributed by atoms with Gasteiger partial charge in [0.15, 0.2) is 0 Å². The summed E-state index contributed by atoms with van der Waals surface area (Å²) in [7, 11) is 0. The number of hydrogen-bond acceptors (Lipinski definition) is 5. The molecule has 0 unspecified atom stereocenters. The Labute approximate surface area is 233 Å². The maximum atomic E-state index is 13.1. The van der Waals surface area contributed by atoms with Gasteiger partial charge in [-0.15, -0.1) is 0 Å². The number of amides is 4. The molecule has 3 aromatic carbocycles. The van der Waals surface area contributed by atoms with E-state index in [-0.39, 0.29) is 17.4 Å². The van der Waals surface area contributed by atoms with E-state index in [9.17, 15) is 19.2 Å². The molecular formula is C29H23ClN4O4S. The highest BCUT2D eigenvalue weighted by atomic mass is 35.5. The number of para-hydroxylation sites is 2. The summed E-state index contributed by atoms with van der Waals surface area (Å²) in [5.74, 6) is -1.30. The number of fused-ring (bicyclic) bond motifs is 1. The lowest BCUT2D eigenvalue weighted by atomic mass is 10.1. The van der Waals surface area contributed by atoms with Crippen molar-refractivity contribution in [3.05, 3.63) is 100 Å². The van der Waals surface area contributed by atoms with E-state index >= 15 is 0 Å². The van der Waals surface area contributed by atoms with Gasteiger partial charge in [-0.1, -0.05) is 54.1 Å². The number of anilines is 2. The van der Waals surface area contributed by atoms with E-state index in [2.05, 4.69) is 10.6 Å². The fourth-order valence-electron chi connectivity index (χ4n) is 4.27. The highest BCUT2D eigenvalue weighted by Crippen LogP contribution is 2.34. The number of carbonyl (C=O) groups excluding carboxylic acids is 4. The molecule has 8 nitrogen and oxygen atoms in total. The molecule has 39 heavy (non-hydrogen) atoms. The first-order valence-corrected chi connectivity index (χ1v) is 13.2. The summed E-state index contributed by atoms with van der Waals surface area (Å²) in [5.41, 5.74) is 3.63. The van der Waals surface area contributed by atoms with Gasteiger partial charge >= 0.3 is 0 Å². The molecule has 0 atom stereocenters. The molecule has 0 radical (unpaired) electrons. The summed E-state index contributed by atoms with van der Waals surface area (Å²) in [6.07, 6.45) is 3.40. The SMILES string of the molecule is Cc1cccc(NC(=O)Cn2cc(/C=C3/SC(=O)N(CC(=O)Nc4ccccc4Cl)C3=O)c3ccccc32)c1. The molecule has 10 heteroatoms. The monoisotopic (exact) mass is 558 g/mol. The van der Waals surface area contributed by atoms with E-state index in [0.29, 0.717) is 22.0 Å². The number of aryl methyl sites for hydroxylation is 1. The van der Waals surface area contributed by atoms with Gasteiger partial charge in [0.1, 0.15) is 13.1 Å². The first kappa shape index (κ1) is 26.3. The number of nitrogens with one attached hydrogen (secondary N) is 2. The Balaban J connectivity index is 1.34.